The number of halogens is 1. The van der Waals surface area contributed by atoms with Gasteiger partial charge in [-0.3, -0.25) is 9.67 Å². The van der Waals surface area contributed by atoms with Crippen molar-refractivity contribution in [3.63, 3.8) is 0 Å². The van der Waals surface area contributed by atoms with Gasteiger partial charge in [0, 0.05) is 38.4 Å². The number of aromatic nitrogens is 2. The molecule has 1 aromatic heterocycles. The zero-order valence-corrected chi connectivity index (χ0v) is 15.5. The first-order chi connectivity index (χ1) is 12.0. The van der Waals surface area contributed by atoms with Crippen molar-refractivity contribution in [2.45, 2.75) is 33.9 Å². The second kappa shape index (κ2) is 8.50. The third kappa shape index (κ3) is 4.71. The SMILES string of the molecule is CCOc1ccc(CNC(=NC)NCc2c(C)nn(C)c2C)cc1F. The monoisotopic (exact) mass is 347 g/mol. The van der Waals surface area contributed by atoms with E-state index in [4.69, 9.17) is 4.74 Å². The zero-order valence-electron chi connectivity index (χ0n) is 15.5. The third-order valence-electron chi connectivity index (χ3n) is 4.07. The van der Waals surface area contributed by atoms with Crippen LogP contribution in [-0.2, 0) is 20.1 Å². The summed E-state index contributed by atoms with van der Waals surface area (Å²) in [6.07, 6.45) is 0. The molecule has 7 heteroatoms. The molecule has 0 aliphatic heterocycles. The van der Waals surface area contributed by atoms with Crippen molar-refractivity contribution in [2.75, 3.05) is 13.7 Å². The number of aliphatic imine (C=N–C) groups is 1. The van der Waals surface area contributed by atoms with Crippen LogP contribution in [0.2, 0.25) is 0 Å². The molecule has 0 aliphatic carbocycles. The maximum atomic E-state index is 13.9. The minimum absolute atomic E-state index is 0.274. The molecule has 1 heterocycles. The summed E-state index contributed by atoms with van der Waals surface area (Å²) in [6.45, 7) is 7.39. The van der Waals surface area contributed by atoms with Crippen LogP contribution in [0.15, 0.2) is 23.2 Å². The molecule has 0 spiro atoms. The van der Waals surface area contributed by atoms with Gasteiger partial charge in [0.15, 0.2) is 17.5 Å². The molecular weight excluding hydrogens is 321 g/mol. The van der Waals surface area contributed by atoms with Gasteiger partial charge in [-0.05, 0) is 38.5 Å². The highest BCUT2D eigenvalue weighted by atomic mass is 19.1. The van der Waals surface area contributed by atoms with Crippen LogP contribution in [0.25, 0.3) is 0 Å². The number of nitrogens with zero attached hydrogens (tertiary/aromatic N) is 3. The van der Waals surface area contributed by atoms with Crippen LogP contribution in [0.4, 0.5) is 4.39 Å². The van der Waals surface area contributed by atoms with Crippen LogP contribution < -0.4 is 15.4 Å². The average molecular weight is 347 g/mol. The van der Waals surface area contributed by atoms with Gasteiger partial charge in [0.25, 0.3) is 0 Å². The lowest BCUT2D eigenvalue weighted by Gasteiger charge is -2.13. The molecule has 136 valence electrons. The lowest BCUT2D eigenvalue weighted by Crippen LogP contribution is -2.36. The van der Waals surface area contributed by atoms with Crippen LogP contribution in [0.3, 0.4) is 0 Å². The molecule has 25 heavy (non-hydrogen) atoms. The fourth-order valence-corrected chi connectivity index (χ4v) is 2.58. The predicted molar refractivity (Wildman–Crippen MR) is 97.3 cm³/mol. The summed E-state index contributed by atoms with van der Waals surface area (Å²) < 4.78 is 21.0. The summed E-state index contributed by atoms with van der Waals surface area (Å²) in [5.41, 5.74) is 4.08. The molecule has 0 fully saturated rings. The summed E-state index contributed by atoms with van der Waals surface area (Å²) >= 11 is 0. The number of ether oxygens (including phenoxy) is 1. The van der Waals surface area contributed by atoms with E-state index in [1.807, 2.05) is 38.6 Å². The van der Waals surface area contributed by atoms with E-state index >= 15 is 0 Å². The van der Waals surface area contributed by atoms with E-state index in [0.29, 0.717) is 25.7 Å². The van der Waals surface area contributed by atoms with Crippen LogP contribution in [0, 0.1) is 19.7 Å². The third-order valence-corrected chi connectivity index (χ3v) is 4.07. The zero-order chi connectivity index (χ0) is 18.4. The number of rotatable bonds is 6. The van der Waals surface area contributed by atoms with E-state index < -0.39 is 0 Å². The molecule has 0 unspecified atom stereocenters. The molecular formula is C18H26FN5O. The molecule has 1 aromatic carbocycles. The number of hydrogen-bond acceptors (Lipinski definition) is 3. The molecule has 0 aliphatic rings. The van der Waals surface area contributed by atoms with Gasteiger partial charge in [0.2, 0.25) is 0 Å². The molecule has 2 N–H and O–H groups in total. The Morgan fingerprint density at radius 3 is 2.56 bits per heavy atom. The fourth-order valence-electron chi connectivity index (χ4n) is 2.58. The number of aryl methyl sites for hydroxylation is 2. The molecule has 0 amide bonds. The Balaban J connectivity index is 1.93. The maximum Gasteiger partial charge on any atom is 0.191 e. The Morgan fingerprint density at radius 1 is 1.28 bits per heavy atom. The van der Waals surface area contributed by atoms with Gasteiger partial charge in [-0.15, -0.1) is 0 Å². The highest BCUT2D eigenvalue weighted by Gasteiger charge is 2.10. The van der Waals surface area contributed by atoms with Gasteiger partial charge in [-0.25, -0.2) is 4.39 Å². The molecule has 0 saturated carbocycles. The summed E-state index contributed by atoms with van der Waals surface area (Å²) in [7, 11) is 3.64. The smallest absolute Gasteiger partial charge is 0.191 e. The second-order valence-electron chi connectivity index (χ2n) is 5.75. The van der Waals surface area contributed by atoms with Gasteiger partial charge in [-0.1, -0.05) is 6.07 Å². The summed E-state index contributed by atoms with van der Waals surface area (Å²) in [5, 5.41) is 10.9. The molecule has 2 aromatic rings. The van der Waals surface area contributed by atoms with Crippen molar-refractivity contribution in [1.82, 2.24) is 20.4 Å². The van der Waals surface area contributed by atoms with Crippen molar-refractivity contribution >= 4 is 5.96 Å². The lowest BCUT2D eigenvalue weighted by atomic mass is 10.2. The van der Waals surface area contributed by atoms with Crippen molar-refractivity contribution in [1.29, 1.82) is 0 Å². The Hall–Kier alpha value is -2.57. The lowest BCUT2D eigenvalue weighted by molar-refractivity contribution is 0.321. The van der Waals surface area contributed by atoms with E-state index in [0.717, 1.165) is 22.5 Å². The van der Waals surface area contributed by atoms with E-state index in [1.54, 1.807) is 13.1 Å². The Morgan fingerprint density at radius 2 is 2.00 bits per heavy atom. The van der Waals surface area contributed by atoms with E-state index in [2.05, 4.69) is 20.7 Å². The topological polar surface area (TPSA) is 63.5 Å². The molecule has 0 atom stereocenters. The molecule has 0 bridgehead atoms. The Bertz CT molecular complexity index is 754. The molecule has 6 nitrogen and oxygen atoms in total. The predicted octanol–water partition coefficient (Wildman–Crippen LogP) is 2.44. The van der Waals surface area contributed by atoms with Gasteiger partial charge >= 0.3 is 0 Å². The number of nitrogens with one attached hydrogen (secondary N) is 2. The highest BCUT2D eigenvalue weighted by Crippen LogP contribution is 2.18. The first-order valence-corrected chi connectivity index (χ1v) is 8.31. The standard InChI is InChI=1S/C18H26FN5O/c1-6-25-17-8-7-14(9-16(17)19)10-21-18(20-4)22-11-15-12(2)23-24(5)13(15)3/h7-9H,6,10-11H2,1-5H3,(H2,20,21,22). The maximum absolute atomic E-state index is 13.9. The highest BCUT2D eigenvalue weighted by molar-refractivity contribution is 5.79. The Kier molecular flexibility index (Phi) is 6.38. The van der Waals surface area contributed by atoms with E-state index in [9.17, 15) is 4.39 Å². The van der Waals surface area contributed by atoms with Gasteiger partial charge in [0.1, 0.15) is 0 Å². The fraction of sp³-hybridized carbons (Fsp3) is 0.444. The van der Waals surface area contributed by atoms with Gasteiger partial charge < -0.3 is 15.4 Å². The minimum atomic E-state index is -0.356. The van der Waals surface area contributed by atoms with Crippen LogP contribution in [0.5, 0.6) is 5.75 Å². The number of benzene rings is 1. The van der Waals surface area contributed by atoms with Crippen LogP contribution >= 0.6 is 0 Å². The van der Waals surface area contributed by atoms with Crippen molar-refractivity contribution in [2.24, 2.45) is 12.0 Å². The largest absolute Gasteiger partial charge is 0.491 e. The van der Waals surface area contributed by atoms with Gasteiger partial charge in [-0.2, -0.15) is 5.10 Å². The van der Waals surface area contributed by atoms with Crippen molar-refractivity contribution in [3.05, 3.63) is 46.5 Å². The number of guanidine groups is 1. The quantitative estimate of drug-likeness (QED) is 0.622. The van der Waals surface area contributed by atoms with Crippen molar-refractivity contribution < 1.29 is 9.13 Å². The summed E-state index contributed by atoms with van der Waals surface area (Å²) in [6, 6.07) is 4.96. The second-order valence-corrected chi connectivity index (χ2v) is 5.75. The summed E-state index contributed by atoms with van der Waals surface area (Å²) in [4.78, 5) is 4.20. The number of hydrogen-bond donors (Lipinski definition) is 2. The average Bonchev–Trinajstić information content (AvgIpc) is 2.83. The van der Waals surface area contributed by atoms with Crippen LogP contribution in [0.1, 0.15) is 29.4 Å². The van der Waals surface area contributed by atoms with E-state index in [1.165, 1.54) is 6.07 Å². The van der Waals surface area contributed by atoms with Gasteiger partial charge in [0.05, 0.1) is 12.3 Å². The molecule has 0 radical (unpaired) electrons. The van der Waals surface area contributed by atoms with Crippen molar-refractivity contribution in [3.8, 4) is 5.75 Å². The minimum Gasteiger partial charge on any atom is -0.491 e. The first-order valence-electron chi connectivity index (χ1n) is 8.31. The Labute approximate surface area is 148 Å². The first kappa shape index (κ1) is 18.8. The molecule has 0 saturated heterocycles. The van der Waals surface area contributed by atoms with E-state index in [-0.39, 0.29) is 11.6 Å². The summed E-state index contributed by atoms with van der Waals surface area (Å²) in [5.74, 6) is 0.568. The van der Waals surface area contributed by atoms with Crippen LogP contribution in [-0.4, -0.2) is 29.4 Å². The normalized spacial score (nSPS) is 11.5. The molecule has 2 rings (SSSR count).